The van der Waals surface area contributed by atoms with Crippen LogP contribution in [0, 0.1) is 23.2 Å². The van der Waals surface area contributed by atoms with Gasteiger partial charge in [-0.2, -0.15) is 11.8 Å². The maximum atomic E-state index is 12.4. The molecular formula is C18H30N4O3S. The number of amides is 4. The molecule has 8 heteroatoms. The van der Waals surface area contributed by atoms with Gasteiger partial charge in [0.25, 0.3) is 5.91 Å². The lowest BCUT2D eigenvalue weighted by Gasteiger charge is -2.56. The van der Waals surface area contributed by atoms with Gasteiger partial charge in [0.1, 0.15) is 6.04 Å². The van der Waals surface area contributed by atoms with E-state index in [2.05, 4.69) is 16.2 Å². The maximum Gasteiger partial charge on any atom is 0.312 e. The topological polar surface area (TPSA) is 113 Å². The monoisotopic (exact) mass is 382 g/mol. The Morgan fingerprint density at radius 3 is 2.15 bits per heavy atom. The van der Waals surface area contributed by atoms with Crippen LogP contribution in [0.25, 0.3) is 0 Å². The molecule has 0 aliphatic heterocycles. The number of hydrazine groups is 1. The zero-order chi connectivity index (χ0) is 18.7. The highest BCUT2D eigenvalue weighted by molar-refractivity contribution is 7.98. The molecule has 0 spiro atoms. The maximum absolute atomic E-state index is 12.4. The highest BCUT2D eigenvalue weighted by atomic mass is 32.2. The van der Waals surface area contributed by atoms with E-state index in [0.29, 0.717) is 18.6 Å². The highest BCUT2D eigenvalue weighted by Crippen LogP contribution is 2.61. The fraction of sp³-hybridized carbons (Fsp3) is 0.833. The Labute approximate surface area is 158 Å². The van der Waals surface area contributed by atoms with Gasteiger partial charge in [0, 0.05) is 6.42 Å². The third kappa shape index (κ3) is 4.64. The lowest BCUT2D eigenvalue weighted by Crippen LogP contribution is -2.54. The molecule has 26 heavy (non-hydrogen) atoms. The van der Waals surface area contributed by atoms with Gasteiger partial charge in [0.15, 0.2) is 0 Å². The summed E-state index contributed by atoms with van der Waals surface area (Å²) in [6, 6.07) is -1.48. The summed E-state index contributed by atoms with van der Waals surface area (Å²) in [5.74, 6) is 2.51. The summed E-state index contributed by atoms with van der Waals surface area (Å²) in [4.78, 5) is 35.8. The van der Waals surface area contributed by atoms with E-state index in [1.54, 1.807) is 11.8 Å². The van der Waals surface area contributed by atoms with Crippen molar-refractivity contribution in [1.82, 2.24) is 16.2 Å². The summed E-state index contributed by atoms with van der Waals surface area (Å²) in [6.45, 7) is 0. The number of thioether (sulfide) groups is 1. The van der Waals surface area contributed by atoms with Gasteiger partial charge >= 0.3 is 6.03 Å². The molecule has 7 nitrogen and oxygen atoms in total. The van der Waals surface area contributed by atoms with Crippen LogP contribution in [0.5, 0.6) is 0 Å². The molecule has 0 aromatic heterocycles. The Morgan fingerprint density at radius 1 is 1.08 bits per heavy atom. The Hall–Kier alpha value is -1.44. The lowest BCUT2D eigenvalue weighted by molar-refractivity contribution is -0.134. The minimum absolute atomic E-state index is 0.132. The van der Waals surface area contributed by atoms with Gasteiger partial charge in [0.2, 0.25) is 5.91 Å². The van der Waals surface area contributed by atoms with Crippen molar-refractivity contribution < 1.29 is 14.4 Å². The van der Waals surface area contributed by atoms with Crippen LogP contribution in [-0.2, 0) is 9.59 Å². The number of carbonyl (C=O) groups is 3. The smallest absolute Gasteiger partial charge is 0.312 e. The molecular weight excluding hydrogens is 352 g/mol. The summed E-state index contributed by atoms with van der Waals surface area (Å²) < 4.78 is 0. The van der Waals surface area contributed by atoms with E-state index < -0.39 is 18.0 Å². The van der Waals surface area contributed by atoms with E-state index in [0.717, 1.165) is 37.0 Å². The SMILES string of the molecule is CSCC[C@@H](NC(N)=O)C(=O)NNC(=O)CC12CC3CC(CC(C3)C1)C2. The normalized spacial score (nSPS) is 32.7. The highest BCUT2D eigenvalue weighted by Gasteiger charge is 2.51. The first kappa shape index (κ1) is 19.3. The molecule has 5 N–H and O–H groups in total. The third-order valence-electron chi connectivity index (χ3n) is 6.27. The van der Waals surface area contributed by atoms with Crippen LogP contribution in [0.15, 0.2) is 0 Å². The van der Waals surface area contributed by atoms with Gasteiger partial charge in [-0.15, -0.1) is 0 Å². The number of primary amides is 1. The van der Waals surface area contributed by atoms with Crippen LogP contribution < -0.4 is 21.9 Å². The van der Waals surface area contributed by atoms with Crippen LogP contribution in [-0.4, -0.2) is 35.9 Å². The molecule has 4 saturated carbocycles. The van der Waals surface area contributed by atoms with Crippen molar-refractivity contribution in [3.05, 3.63) is 0 Å². The molecule has 4 aliphatic rings. The van der Waals surface area contributed by atoms with Crippen LogP contribution >= 0.6 is 11.8 Å². The minimum Gasteiger partial charge on any atom is -0.352 e. The summed E-state index contributed by atoms with van der Waals surface area (Å²) in [5, 5.41) is 2.43. The molecule has 0 aromatic carbocycles. The van der Waals surface area contributed by atoms with Crippen molar-refractivity contribution in [2.45, 2.75) is 57.4 Å². The molecule has 4 fully saturated rings. The number of carbonyl (C=O) groups excluding carboxylic acids is 3. The second-order valence-corrected chi connectivity index (χ2v) is 9.46. The number of nitrogens with two attached hydrogens (primary N) is 1. The van der Waals surface area contributed by atoms with E-state index in [9.17, 15) is 14.4 Å². The average molecular weight is 383 g/mol. The summed E-state index contributed by atoms with van der Waals surface area (Å²) in [7, 11) is 0. The standard InChI is InChI=1S/C18H30N4O3S/c1-26-3-2-14(20-17(19)25)16(24)22-21-15(23)10-18-7-11-4-12(8-18)6-13(5-11)9-18/h11-14H,2-10H2,1H3,(H,21,23)(H,22,24)(H3,19,20,25)/t11?,12?,13?,14-,18?/m1/s1. The zero-order valence-corrected chi connectivity index (χ0v) is 16.2. The molecule has 4 bridgehead atoms. The summed E-state index contributed by atoms with van der Waals surface area (Å²) >= 11 is 1.58. The largest absolute Gasteiger partial charge is 0.352 e. The van der Waals surface area contributed by atoms with Crippen LogP contribution in [0.2, 0.25) is 0 Å². The van der Waals surface area contributed by atoms with Crippen molar-refractivity contribution in [3.8, 4) is 0 Å². The molecule has 0 radical (unpaired) electrons. The van der Waals surface area contributed by atoms with E-state index in [1.807, 2.05) is 6.26 Å². The summed E-state index contributed by atoms with van der Waals surface area (Å²) in [6.07, 6.45) is 10.3. The van der Waals surface area contributed by atoms with Gasteiger partial charge < -0.3 is 11.1 Å². The first-order valence-corrected chi connectivity index (χ1v) is 10.9. The Morgan fingerprint density at radius 2 is 1.65 bits per heavy atom. The fourth-order valence-corrected chi connectivity index (χ4v) is 6.26. The molecule has 4 amide bonds. The second-order valence-electron chi connectivity index (χ2n) is 8.47. The molecule has 0 saturated heterocycles. The Bertz CT molecular complexity index is 533. The average Bonchev–Trinajstić information content (AvgIpc) is 2.54. The van der Waals surface area contributed by atoms with Crippen LogP contribution in [0.4, 0.5) is 4.79 Å². The van der Waals surface area contributed by atoms with E-state index in [-0.39, 0.29) is 11.3 Å². The van der Waals surface area contributed by atoms with Crippen LogP contribution in [0.3, 0.4) is 0 Å². The van der Waals surface area contributed by atoms with Gasteiger partial charge in [-0.3, -0.25) is 20.4 Å². The Kier molecular flexibility index (Phi) is 5.99. The van der Waals surface area contributed by atoms with Gasteiger partial charge in [-0.25, -0.2) is 4.79 Å². The van der Waals surface area contributed by atoms with E-state index in [4.69, 9.17) is 5.73 Å². The zero-order valence-electron chi connectivity index (χ0n) is 15.4. The van der Waals surface area contributed by atoms with Crippen LogP contribution in [0.1, 0.15) is 51.4 Å². The minimum atomic E-state index is -0.744. The molecule has 4 rings (SSSR count). The number of urea groups is 1. The van der Waals surface area contributed by atoms with Gasteiger partial charge in [-0.1, -0.05) is 0 Å². The lowest BCUT2D eigenvalue weighted by atomic mass is 9.49. The second kappa shape index (κ2) is 8.06. The first-order valence-electron chi connectivity index (χ1n) is 9.53. The molecule has 0 heterocycles. The van der Waals surface area contributed by atoms with E-state index in [1.165, 1.54) is 19.3 Å². The predicted molar refractivity (Wildman–Crippen MR) is 101 cm³/mol. The Balaban J connectivity index is 1.48. The van der Waals surface area contributed by atoms with Crippen molar-refractivity contribution in [3.63, 3.8) is 0 Å². The van der Waals surface area contributed by atoms with Crippen molar-refractivity contribution in [2.24, 2.45) is 28.9 Å². The number of nitrogens with one attached hydrogen (secondary N) is 3. The number of hydrogen-bond donors (Lipinski definition) is 4. The molecule has 0 unspecified atom stereocenters. The van der Waals surface area contributed by atoms with Crippen molar-refractivity contribution in [2.75, 3.05) is 12.0 Å². The van der Waals surface area contributed by atoms with Gasteiger partial charge in [-0.05, 0) is 80.1 Å². The van der Waals surface area contributed by atoms with Gasteiger partial charge in [0.05, 0.1) is 0 Å². The van der Waals surface area contributed by atoms with Crippen molar-refractivity contribution in [1.29, 1.82) is 0 Å². The predicted octanol–water partition coefficient (Wildman–Crippen LogP) is 1.53. The molecule has 0 aromatic rings. The summed E-state index contributed by atoms with van der Waals surface area (Å²) in [5.41, 5.74) is 10.3. The molecule has 4 aliphatic carbocycles. The molecule has 146 valence electrons. The fourth-order valence-electron chi connectivity index (χ4n) is 5.79. The quantitative estimate of drug-likeness (QED) is 0.500. The van der Waals surface area contributed by atoms with Crippen molar-refractivity contribution >= 4 is 29.6 Å². The number of rotatable bonds is 7. The molecule has 1 atom stereocenters. The number of hydrogen-bond acceptors (Lipinski definition) is 4. The van der Waals surface area contributed by atoms with E-state index >= 15 is 0 Å². The third-order valence-corrected chi connectivity index (χ3v) is 6.91. The first-order chi connectivity index (χ1) is 12.4.